The van der Waals surface area contributed by atoms with Crippen LogP contribution in [0.5, 0.6) is 5.75 Å². The molecule has 0 saturated heterocycles. The van der Waals surface area contributed by atoms with Gasteiger partial charge in [-0.2, -0.15) is 0 Å². The molecule has 0 aromatic heterocycles. The highest BCUT2D eigenvalue weighted by atomic mass is 16.5. The first-order valence-electron chi connectivity index (χ1n) is 8.71. The number of aliphatic hydroxyl groups is 1. The molecule has 2 N–H and O–H groups in total. The van der Waals surface area contributed by atoms with Gasteiger partial charge < -0.3 is 14.9 Å². The van der Waals surface area contributed by atoms with Crippen LogP contribution in [0, 0.1) is 0 Å². The van der Waals surface area contributed by atoms with E-state index < -0.39 is 0 Å². The second-order valence-corrected chi connectivity index (χ2v) is 5.42. The molecule has 1 aromatic rings. The van der Waals surface area contributed by atoms with Crippen LogP contribution >= 0.6 is 0 Å². The fourth-order valence-corrected chi connectivity index (χ4v) is 2.20. The summed E-state index contributed by atoms with van der Waals surface area (Å²) in [5.74, 6) is 0.452. The van der Waals surface area contributed by atoms with Gasteiger partial charge in [-0.25, -0.2) is 0 Å². The highest BCUT2D eigenvalue weighted by molar-refractivity contribution is 5.31. The average molecular weight is 310 g/mol. The second-order valence-electron chi connectivity index (χ2n) is 5.42. The number of para-hydroxylation sites is 1. The van der Waals surface area contributed by atoms with Crippen LogP contribution in [0.4, 0.5) is 0 Å². The number of hydrogen-bond donors (Lipinski definition) is 2. The minimum Gasteiger partial charge on any atom is -0.508 e. The Morgan fingerprint density at radius 1 is 0.909 bits per heavy atom. The van der Waals surface area contributed by atoms with E-state index in [0.717, 1.165) is 12.0 Å². The van der Waals surface area contributed by atoms with E-state index in [2.05, 4.69) is 6.92 Å². The standard InChI is InChI=1S/C15H24O.C4H10O2/c1-2-3-4-5-6-7-8-11-14-12-9-10-13-15(14)16;1-2-6-4-3-5/h9-10,12-13,16H,2-8,11H2,1H3;5H,2-4H2,1H3. The van der Waals surface area contributed by atoms with E-state index in [9.17, 15) is 5.11 Å². The first kappa shape index (κ1) is 20.9. The minimum absolute atomic E-state index is 0.133. The fraction of sp³-hybridized carbons (Fsp3) is 0.684. The molecule has 3 nitrogen and oxygen atoms in total. The predicted octanol–water partition coefficient (Wildman–Crippen LogP) is 4.70. The molecule has 0 aliphatic rings. The van der Waals surface area contributed by atoms with Crippen molar-refractivity contribution in [2.75, 3.05) is 19.8 Å². The summed E-state index contributed by atoms with van der Waals surface area (Å²) in [4.78, 5) is 0. The lowest BCUT2D eigenvalue weighted by Gasteiger charge is -2.04. The van der Waals surface area contributed by atoms with Crippen LogP contribution in [0.3, 0.4) is 0 Å². The van der Waals surface area contributed by atoms with Gasteiger partial charge in [-0.15, -0.1) is 0 Å². The van der Waals surface area contributed by atoms with Gasteiger partial charge in [0.15, 0.2) is 0 Å². The van der Waals surface area contributed by atoms with Gasteiger partial charge in [0.1, 0.15) is 5.75 Å². The summed E-state index contributed by atoms with van der Waals surface area (Å²) in [5, 5.41) is 17.7. The Morgan fingerprint density at radius 3 is 2.09 bits per heavy atom. The van der Waals surface area contributed by atoms with Crippen LogP contribution in [0.15, 0.2) is 24.3 Å². The molecule has 1 aromatic carbocycles. The molecule has 0 heterocycles. The predicted molar refractivity (Wildman–Crippen MR) is 93.4 cm³/mol. The van der Waals surface area contributed by atoms with Crippen LogP contribution in [0.25, 0.3) is 0 Å². The van der Waals surface area contributed by atoms with Gasteiger partial charge in [-0.3, -0.25) is 0 Å². The highest BCUT2D eigenvalue weighted by Gasteiger charge is 1.98. The van der Waals surface area contributed by atoms with Crippen LogP contribution in [0.2, 0.25) is 0 Å². The molecule has 0 atom stereocenters. The van der Waals surface area contributed by atoms with Crippen LogP contribution in [-0.2, 0) is 11.2 Å². The molecule has 0 bridgehead atoms. The van der Waals surface area contributed by atoms with Crippen molar-refractivity contribution in [3.05, 3.63) is 29.8 Å². The third-order valence-corrected chi connectivity index (χ3v) is 3.48. The van der Waals surface area contributed by atoms with Gasteiger partial charge in [0.25, 0.3) is 0 Å². The number of aliphatic hydroxyl groups excluding tert-OH is 1. The first-order chi connectivity index (χ1) is 10.8. The summed E-state index contributed by atoms with van der Waals surface area (Å²) in [6.07, 6.45) is 10.3. The summed E-state index contributed by atoms with van der Waals surface area (Å²) in [6, 6.07) is 7.67. The molecular weight excluding hydrogens is 276 g/mol. The van der Waals surface area contributed by atoms with Crippen molar-refractivity contribution >= 4 is 0 Å². The van der Waals surface area contributed by atoms with Gasteiger partial charge >= 0.3 is 0 Å². The van der Waals surface area contributed by atoms with E-state index in [1.54, 1.807) is 6.07 Å². The van der Waals surface area contributed by atoms with E-state index in [0.29, 0.717) is 19.0 Å². The Bertz CT molecular complexity index is 335. The molecular formula is C19H34O3. The zero-order chi connectivity index (χ0) is 16.5. The smallest absolute Gasteiger partial charge is 0.118 e. The number of aromatic hydroxyl groups is 1. The Balaban J connectivity index is 0.000000626. The maximum Gasteiger partial charge on any atom is 0.118 e. The van der Waals surface area contributed by atoms with Crippen LogP contribution < -0.4 is 0 Å². The van der Waals surface area contributed by atoms with Crippen LogP contribution in [-0.4, -0.2) is 30.0 Å². The number of phenolic OH excluding ortho intramolecular Hbond substituents is 1. The molecule has 22 heavy (non-hydrogen) atoms. The van der Waals surface area contributed by atoms with Gasteiger partial charge in [-0.1, -0.05) is 63.6 Å². The van der Waals surface area contributed by atoms with Crippen molar-refractivity contribution in [3.8, 4) is 5.75 Å². The van der Waals surface area contributed by atoms with E-state index in [-0.39, 0.29) is 6.61 Å². The minimum atomic E-state index is 0.133. The summed E-state index contributed by atoms with van der Waals surface area (Å²) in [7, 11) is 0. The number of rotatable bonds is 11. The monoisotopic (exact) mass is 310 g/mol. The molecule has 0 aliphatic heterocycles. The molecule has 0 aliphatic carbocycles. The molecule has 3 heteroatoms. The van der Waals surface area contributed by atoms with E-state index in [1.165, 1.54) is 44.9 Å². The highest BCUT2D eigenvalue weighted by Crippen LogP contribution is 2.18. The Morgan fingerprint density at radius 2 is 1.55 bits per heavy atom. The molecule has 0 unspecified atom stereocenters. The van der Waals surface area contributed by atoms with E-state index in [4.69, 9.17) is 9.84 Å². The first-order valence-corrected chi connectivity index (χ1v) is 8.71. The molecule has 0 spiro atoms. The number of benzene rings is 1. The Labute approximate surface area is 136 Å². The maximum atomic E-state index is 9.58. The van der Waals surface area contributed by atoms with Gasteiger partial charge in [-0.05, 0) is 31.4 Å². The number of phenols is 1. The number of unbranched alkanes of at least 4 members (excludes halogenated alkanes) is 6. The summed E-state index contributed by atoms with van der Waals surface area (Å²) in [5.41, 5.74) is 1.09. The Kier molecular flexibility index (Phi) is 15.5. The van der Waals surface area contributed by atoms with Crippen molar-refractivity contribution in [3.63, 3.8) is 0 Å². The zero-order valence-corrected chi connectivity index (χ0v) is 14.4. The topological polar surface area (TPSA) is 49.7 Å². The van der Waals surface area contributed by atoms with Crippen molar-refractivity contribution in [2.24, 2.45) is 0 Å². The largest absolute Gasteiger partial charge is 0.508 e. The van der Waals surface area contributed by atoms with E-state index >= 15 is 0 Å². The second kappa shape index (κ2) is 16.3. The Hall–Kier alpha value is -1.06. The lowest BCUT2D eigenvalue weighted by molar-refractivity contribution is 0.102. The fourth-order valence-electron chi connectivity index (χ4n) is 2.20. The number of hydrogen-bond acceptors (Lipinski definition) is 3. The van der Waals surface area contributed by atoms with Crippen molar-refractivity contribution in [2.45, 2.75) is 65.2 Å². The van der Waals surface area contributed by atoms with Gasteiger partial charge in [0.05, 0.1) is 13.2 Å². The quantitative estimate of drug-likeness (QED) is 0.582. The molecule has 128 valence electrons. The van der Waals surface area contributed by atoms with Crippen molar-refractivity contribution < 1.29 is 14.9 Å². The SMILES string of the molecule is CCCCCCCCCc1ccccc1O.CCOCCO. The average Bonchev–Trinajstić information content (AvgIpc) is 2.54. The zero-order valence-electron chi connectivity index (χ0n) is 14.4. The summed E-state index contributed by atoms with van der Waals surface area (Å²) in [6.45, 7) is 5.44. The molecule has 0 radical (unpaired) electrons. The lowest BCUT2D eigenvalue weighted by Crippen LogP contribution is -1.96. The molecule has 1 rings (SSSR count). The van der Waals surface area contributed by atoms with E-state index in [1.807, 2.05) is 25.1 Å². The van der Waals surface area contributed by atoms with Crippen molar-refractivity contribution in [1.29, 1.82) is 0 Å². The molecule has 0 fully saturated rings. The molecule has 0 amide bonds. The van der Waals surface area contributed by atoms with Crippen molar-refractivity contribution in [1.82, 2.24) is 0 Å². The van der Waals surface area contributed by atoms with Gasteiger partial charge in [0.2, 0.25) is 0 Å². The normalized spacial score (nSPS) is 10.1. The third-order valence-electron chi connectivity index (χ3n) is 3.48. The maximum absolute atomic E-state index is 9.58. The lowest BCUT2D eigenvalue weighted by atomic mass is 10.0. The summed E-state index contributed by atoms with van der Waals surface area (Å²) < 4.78 is 4.73. The number of ether oxygens (including phenoxy) is 1. The summed E-state index contributed by atoms with van der Waals surface area (Å²) >= 11 is 0. The van der Waals surface area contributed by atoms with Crippen LogP contribution in [0.1, 0.15) is 64.4 Å². The van der Waals surface area contributed by atoms with Gasteiger partial charge in [0, 0.05) is 6.61 Å². The molecule has 0 saturated carbocycles. The number of aryl methyl sites for hydroxylation is 1. The third kappa shape index (κ3) is 12.7.